The summed E-state index contributed by atoms with van der Waals surface area (Å²) in [6.45, 7) is 2.11. The summed E-state index contributed by atoms with van der Waals surface area (Å²) in [5.74, 6) is -0.294. The number of fused-ring (bicyclic) bond motifs is 1. The molecule has 0 fully saturated rings. The van der Waals surface area contributed by atoms with E-state index < -0.39 is 5.92 Å². The number of rotatable bonds is 3. The molecule has 0 bridgehead atoms. The molecule has 3 rings (SSSR count). The van der Waals surface area contributed by atoms with Gasteiger partial charge in [0.25, 0.3) is 0 Å². The van der Waals surface area contributed by atoms with Crippen LogP contribution in [0.15, 0.2) is 48.5 Å². The third-order valence-corrected chi connectivity index (χ3v) is 3.81. The number of anilines is 2. The van der Waals surface area contributed by atoms with Crippen molar-refractivity contribution >= 4 is 23.2 Å². The first-order valence-electron chi connectivity index (χ1n) is 7.51. The number of amides is 2. The van der Waals surface area contributed by atoms with E-state index in [4.69, 9.17) is 4.74 Å². The summed E-state index contributed by atoms with van der Waals surface area (Å²) in [5.41, 5.74) is 2.38. The standard InChI is InChI=1S/C18H18N2O3/c1-12-6-2-3-7-14(12)19-17(21)10-13-11-23-16-9-5-4-8-15(16)20-18(13)22/h2-9,13H,10-11H2,1H3,(H,19,21)(H,20,22)/t13-/m1/s1. The molecule has 0 saturated carbocycles. The number of benzene rings is 2. The predicted molar refractivity (Wildman–Crippen MR) is 88.5 cm³/mol. The van der Waals surface area contributed by atoms with Crippen molar-refractivity contribution in [1.29, 1.82) is 0 Å². The Bertz CT molecular complexity index is 743. The van der Waals surface area contributed by atoms with Gasteiger partial charge in [-0.15, -0.1) is 0 Å². The van der Waals surface area contributed by atoms with Crippen LogP contribution >= 0.6 is 0 Å². The molecule has 1 aliphatic rings. The molecular formula is C18H18N2O3. The van der Waals surface area contributed by atoms with Gasteiger partial charge in [-0.05, 0) is 30.7 Å². The average molecular weight is 310 g/mol. The Hall–Kier alpha value is -2.82. The number of hydrogen-bond donors (Lipinski definition) is 2. The van der Waals surface area contributed by atoms with Crippen LogP contribution in [0.2, 0.25) is 0 Å². The highest BCUT2D eigenvalue weighted by atomic mass is 16.5. The number of para-hydroxylation sites is 3. The van der Waals surface area contributed by atoms with Crippen molar-refractivity contribution in [2.24, 2.45) is 5.92 Å². The maximum atomic E-state index is 12.3. The van der Waals surface area contributed by atoms with Gasteiger partial charge in [0.15, 0.2) is 0 Å². The van der Waals surface area contributed by atoms with E-state index in [1.165, 1.54) is 0 Å². The van der Waals surface area contributed by atoms with Gasteiger partial charge in [-0.3, -0.25) is 9.59 Å². The van der Waals surface area contributed by atoms with Crippen LogP contribution in [0.1, 0.15) is 12.0 Å². The quantitative estimate of drug-likeness (QED) is 0.916. The van der Waals surface area contributed by atoms with E-state index in [0.717, 1.165) is 11.3 Å². The number of hydrogen-bond acceptors (Lipinski definition) is 3. The topological polar surface area (TPSA) is 67.4 Å². The molecule has 5 nitrogen and oxygen atoms in total. The van der Waals surface area contributed by atoms with Gasteiger partial charge >= 0.3 is 0 Å². The third kappa shape index (κ3) is 3.51. The second-order valence-corrected chi connectivity index (χ2v) is 5.56. The lowest BCUT2D eigenvalue weighted by Gasteiger charge is -2.13. The molecule has 118 valence electrons. The molecule has 5 heteroatoms. The minimum Gasteiger partial charge on any atom is -0.491 e. The van der Waals surface area contributed by atoms with Crippen molar-refractivity contribution in [2.45, 2.75) is 13.3 Å². The molecule has 2 N–H and O–H groups in total. The summed E-state index contributed by atoms with van der Waals surface area (Å²) < 4.78 is 5.64. The maximum absolute atomic E-state index is 12.3. The zero-order valence-corrected chi connectivity index (χ0v) is 12.8. The van der Waals surface area contributed by atoms with Gasteiger partial charge in [0, 0.05) is 12.1 Å². The number of carbonyl (C=O) groups excluding carboxylic acids is 2. The molecule has 0 aromatic heterocycles. The molecule has 0 aliphatic carbocycles. The number of ether oxygens (including phenoxy) is 1. The van der Waals surface area contributed by atoms with E-state index in [-0.39, 0.29) is 24.8 Å². The van der Waals surface area contributed by atoms with Crippen LogP contribution in [-0.4, -0.2) is 18.4 Å². The molecule has 1 aliphatic heterocycles. The Morgan fingerprint density at radius 3 is 2.78 bits per heavy atom. The molecule has 0 unspecified atom stereocenters. The largest absolute Gasteiger partial charge is 0.491 e. The molecule has 1 atom stereocenters. The van der Waals surface area contributed by atoms with Gasteiger partial charge < -0.3 is 15.4 Å². The van der Waals surface area contributed by atoms with E-state index in [2.05, 4.69) is 10.6 Å². The highest BCUT2D eigenvalue weighted by molar-refractivity contribution is 5.99. The van der Waals surface area contributed by atoms with Gasteiger partial charge in [-0.2, -0.15) is 0 Å². The fraction of sp³-hybridized carbons (Fsp3) is 0.222. The molecule has 2 aromatic rings. The van der Waals surface area contributed by atoms with Crippen LogP contribution in [0.25, 0.3) is 0 Å². The fourth-order valence-electron chi connectivity index (χ4n) is 2.49. The third-order valence-electron chi connectivity index (χ3n) is 3.81. The van der Waals surface area contributed by atoms with E-state index in [1.54, 1.807) is 12.1 Å². The lowest BCUT2D eigenvalue weighted by atomic mass is 10.0. The van der Waals surface area contributed by atoms with Crippen molar-refractivity contribution in [1.82, 2.24) is 0 Å². The summed E-state index contributed by atoms with van der Waals surface area (Å²) in [5, 5.41) is 5.65. The monoisotopic (exact) mass is 310 g/mol. The second-order valence-electron chi connectivity index (χ2n) is 5.56. The number of carbonyl (C=O) groups is 2. The van der Waals surface area contributed by atoms with E-state index in [9.17, 15) is 9.59 Å². The Kier molecular flexibility index (Phi) is 4.28. The van der Waals surface area contributed by atoms with Gasteiger partial charge in [-0.1, -0.05) is 30.3 Å². The van der Waals surface area contributed by atoms with Crippen LogP contribution in [0, 0.1) is 12.8 Å². The smallest absolute Gasteiger partial charge is 0.231 e. The number of aryl methyl sites for hydroxylation is 1. The molecule has 1 heterocycles. The lowest BCUT2D eigenvalue weighted by Crippen LogP contribution is -2.29. The van der Waals surface area contributed by atoms with E-state index in [0.29, 0.717) is 11.4 Å². The van der Waals surface area contributed by atoms with Crippen LogP contribution in [0.4, 0.5) is 11.4 Å². The summed E-state index contributed by atoms with van der Waals surface area (Å²) >= 11 is 0. The molecule has 23 heavy (non-hydrogen) atoms. The Morgan fingerprint density at radius 1 is 1.22 bits per heavy atom. The molecule has 0 spiro atoms. The summed E-state index contributed by atoms with van der Waals surface area (Å²) in [4.78, 5) is 24.5. The van der Waals surface area contributed by atoms with Crippen LogP contribution in [0.3, 0.4) is 0 Å². The summed E-state index contributed by atoms with van der Waals surface area (Å²) in [6, 6.07) is 14.8. The maximum Gasteiger partial charge on any atom is 0.231 e. The molecular weight excluding hydrogens is 292 g/mol. The minimum atomic E-state index is -0.522. The van der Waals surface area contributed by atoms with Gasteiger partial charge in [0.1, 0.15) is 12.4 Å². The van der Waals surface area contributed by atoms with Crippen LogP contribution in [-0.2, 0) is 9.59 Å². The summed E-state index contributed by atoms with van der Waals surface area (Å²) in [7, 11) is 0. The Morgan fingerprint density at radius 2 is 1.96 bits per heavy atom. The zero-order chi connectivity index (χ0) is 16.2. The first-order valence-corrected chi connectivity index (χ1v) is 7.51. The Balaban J connectivity index is 1.65. The average Bonchev–Trinajstić information content (AvgIpc) is 2.69. The molecule has 2 aromatic carbocycles. The second kappa shape index (κ2) is 6.52. The van der Waals surface area contributed by atoms with Crippen molar-refractivity contribution in [2.75, 3.05) is 17.2 Å². The van der Waals surface area contributed by atoms with Gasteiger partial charge in [0.2, 0.25) is 11.8 Å². The molecule has 2 amide bonds. The SMILES string of the molecule is Cc1ccccc1NC(=O)C[C@@H]1COc2ccccc2NC1=O. The van der Waals surface area contributed by atoms with Gasteiger partial charge in [0.05, 0.1) is 11.6 Å². The van der Waals surface area contributed by atoms with Crippen molar-refractivity contribution in [3.63, 3.8) is 0 Å². The van der Waals surface area contributed by atoms with Crippen molar-refractivity contribution < 1.29 is 14.3 Å². The van der Waals surface area contributed by atoms with Gasteiger partial charge in [-0.25, -0.2) is 0 Å². The minimum absolute atomic E-state index is 0.0775. The highest BCUT2D eigenvalue weighted by Crippen LogP contribution is 2.28. The molecule has 0 radical (unpaired) electrons. The van der Waals surface area contributed by atoms with Crippen molar-refractivity contribution in [3.8, 4) is 5.75 Å². The normalized spacial score (nSPS) is 16.6. The number of nitrogens with one attached hydrogen (secondary N) is 2. The predicted octanol–water partition coefficient (Wildman–Crippen LogP) is 2.97. The van der Waals surface area contributed by atoms with Crippen LogP contribution in [0.5, 0.6) is 5.75 Å². The fourth-order valence-corrected chi connectivity index (χ4v) is 2.49. The molecule has 0 saturated heterocycles. The lowest BCUT2D eigenvalue weighted by molar-refractivity contribution is -0.125. The first kappa shape index (κ1) is 15.1. The highest BCUT2D eigenvalue weighted by Gasteiger charge is 2.27. The van der Waals surface area contributed by atoms with Crippen LogP contribution < -0.4 is 15.4 Å². The zero-order valence-electron chi connectivity index (χ0n) is 12.8. The van der Waals surface area contributed by atoms with E-state index in [1.807, 2.05) is 43.3 Å². The summed E-state index contributed by atoms with van der Waals surface area (Å²) in [6.07, 6.45) is 0.0775. The first-order chi connectivity index (χ1) is 11.1. The van der Waals surface area contributed by atoms with Crippen molar-refractivity contribution in [3.05, 3.63) is 54.1 Å². The van der Waals surface area contributed by atoms with E-state index >= 15 is 0 Å². The Labute approximate surface area is 134 Å².